The summed E-state index contributed by atoms with van der Waals surface area (Å²) in [6.45, 7) is 4.64. The van der Waals surface area contributed by atoms with E-state index in [9.17, 15) is 0 Å². The molecule has 1 aliphatic heterocycles. The maximum Gasteiger partial charge on any atom is 0.225 e. The van der Waals surface area contributed by atoms with E-state index in [1.54, 1.807) is 19.5 Å². The third kappa shape index (κ3) is 3.04. The van der Waals surface area contributed by atoms with Crippen molar-refractivity contribution in [3.8, 4) is 5.75 Å². The molecule has 0 aromatic carbocycles. The molecular formula is C11H18N4O2. The van der Waals surface area contributed by atoms with Crippen molar-refractivity contribution in [3.63, 3.8) is 0 Å². The molecule has 1 aromatic rings. The second-order valence-electron chi connectivity index (χ2n) is 3.98. The first kappa shape index (κ1) is 12.1. The molecule has 1 saturated heterocycles. The van der Waals surface area contributed by atoms with Crippen LogP contribution in [0, 0.1) is 0 Å². The van der Waals surface area contributed by atoms with Gasteiger partial charge in [-0.3, -0.25) is 4.90 Å². The lowest BCUT2D eigenvalue weighted by molar-refractivity contribution is 0.188. The summed E-state index contributed by atoms with van der Waals surface area (Å²) in [6.07, 6.45) is 3.37. The minimum absolute atomic E-state index is 0.221. The summed E-state index contributed by atoms with van der Waals surface area (Å²) in [5.74, 6) is 1.42. The zero-order valence-electron chi connectivity index (χ0n) is 10.0. The standard InChI is InChI=1S/C11H18N4O2/c1-17-10-8-12-11(13-9-10)15-4-2-14(3-5-15)6-7-16/h8-9,16H,2-7H2,1H3. The largest absolute Gasteiger partial charge is 0.494 e. The smallest absolute Gasteiger partial charge is 0.225 e. The maximum absolute atomic E-state index is 8.87. The highest BCUT2D eigenvalue weighted by Crippen LogP contribution is 2.13. The van der Waals surface area contributed by atoms with Crippen LogP contribution in [0.2, 0.25) is 0 Å². The van der Waals surface area contributed by atoms with E-state index in [1.807, 2.05) is 0 Å². The van der Waals surface area contributed by atoms with Gasteiger partial charge in [0.05, 0.1) is 26.1 Å². The molecule has 1 fully saturated rings. The number of hydrogen-bond acceptors (Lipinski definition) is 6. The van der Waals surface area contributed by atoms with Crippen molar-refractivity contribution in [1.82, 2.24) is 14.9 Å². The predicted octanol–water partition coefficient (Wildman–Crippen LogP) is -0.400. The van der Waals surface area contributed by atoms with Crippen LogP contribution in [0.1, 0.15) is 0 Å². The molecule has 0 unspecified atom stereocenters. The lowest BCUT2D eigenvalue weighted by atomic mass is 10.3. The molecule has 0 aliphatic carbocycles. The van der Waals surface area contributed by atoms with E-state index in [0.717, 1.165) is 38.7 Å². The van der Waals surface area contributed by atoms with Crippen molar-refractivity contribution in [1.29, 1.82) is 0 Å². The summed E-state index contributed by atoms with van der Waals surface area (Å²) in [5, 5.41) is 8.87. The number of hydrogen-bond donors (Lipinski definition) is 1. The summed E-state index contributed by atoms with van der Waals surface area (Å²) in [7, 11) is 1.60. The van der Waals surface area contributed by atoms with Gasteiger partial charge in [-0.1, -0.05) is 0 Å². The van der Waals surface area contributed by atoms with Crippen LogP contribution in [-0.2, 0) is 0 Å². The highest BCUT2D eigenvalue weighted by molar-refractivity contribution is 5.32. The highest BCUT2D eigenvalue weighted by Gasteiger charge is 2.18. The van der Waals surface area contributed by atoms with Gasteiger partial charge in [0.25, 0.3) is 0 Å². The van der Waals surface area contributed by atoms with E-state index < -0.39 is 0 Å². The van der Waals surface area contributed by atoms with E-state index >= 15 is 0 Å². The first-order valence-electron chi connectivity index (χ1n) is 5.77. The molecule has 0 saturated carbocycles. The molecule has 2 heterocycles. The van der Waals surface area contributed by atoms with Crippen molar-refractivity contribution < 1.29 is 9.84 Å². The summed E-state index contributed by atoms with van der Waals surface area (Å²) in [6, 6.07) is 0. The Bertz CT molecular complexity index is 336. The third-order valence-corrected chi connectivity index (χ3v) is 2.92. The minimum Gasteiger partial charge on any atom is -0.494 e. The maximum atomic E-state index is 8.87. The van der Waals surface area contributed by atoms with Gasteiger partial charge in [-0.25, -0.2) is 9.97 Å². The number of β-amino-alcohol motifs (C(OH)–C–C–N with tert-alkyl or cyclic N) is 1. The van der Waals surface area contributed by atoms with Gasteiger partial charge in [0.2, 0.25) is 5.95 Å². The van der Waals surface area contributed by atoms with Gasteiger partial charge in [-0.15, -0.1) is 0 Å². The molecule has 0 spiro atoms. The van der Waals surface area contributed by atoms with Crippen molar-refractivity contribution in [2.75, 3.05) is 51.3 Å². The second kappa shape index (κ2) is 5.79. The van der Waals surface area contributed by atoms with Crippen molar-refractivity contribution in [3.05, 3.63) is 12.4 Å². The number of aliphatic hydroxyl groups is 1. The van der Waals surface area contributed by atoms with Crippen LogP contribution in [0.3, 0.4) is 0 Å². The van der Waals surface area contributed by atoms with Crippen LogP contribution in [0.15, 0.2) is 12.4 Å². The first-order valence-corrected chi connectivity index (χ1v) is 5.77. The Kier molecular flexibility index (Phi) is 4.11. The fourth-order valence-electron chi connectivity index (χ4n) is 1.89. The van der Waals surface area contributed by atoms with Crippen molar-refractivity contribution in [2.45, 2.75) is 0 Å². The van der Waals surface area contributed by atoms with E-state index in [4.69, 9.17) is 9.84 Å². The van der Waals surface area contributed by atoms with Gasteiger partial charge in [-0.2, -0.15) is 0 Å². The van der Waals surface area contributed by atoms with Crippen LogP contribution in [0.25, 0.3) is 0 Å². The number of piperazine rings is 1. The molecule has 1 N–H and O–H groups in total. The summed E-state index contributed by atoms with van der Waals surface area (Å²) in [4.78, 5) is 12.9. The van der Waals surface area contributed by atoms with Crippen LogP contribution in [-0.4, -0.2) is 66.4 Å². The number of ether oxygens (including phenoxy) is 1. The predicted molar refractivity (Wildman–Crippen MR) is 64.3 cm³/mol. The zero-order valence-corrected chi connectivity index (χ0v) is 10.0. The van der Waals surface area contributed by atoms with E-state index in [0.29, 0.717) is 5.75 Å². The lowest BCUT2D eigenvalue weighted by Crippen LogP contribution is -2.47. The summed E-state index contributed by atoms with van der Waals surface area (Å²) in [5.41, 5.74) is 0. The molecule has 17 heavy (non-hydrogen) atoms. The number of aliphatic hydroxyl groups excluding tert-OH is 1. The highest BCUT2D eigenvalue weighted by atomic mass is 16.5. The topological polar surface area (TPSA) is 61.7 Å². The molecule has 6 nitrogen and oxygen atoms in total. The van der Waals surface area contributed by atoms with Crippen LogP contribution in [0.5, 0.6) is 5.75 Å². The van der Waals surface area contributed by atoms with Gasteiger partial charge < -0.3 is 14.7 Å². The average molecular weight is 238 g/mol. The molecule has 6 heteroatoms. The van der Waals surface area contributed by atoms with Gasteiger partial charge in [0.1, 0.15) is 0 Å². The fraction of sp³-hybridized carbons (Fsp3) is 0.636. The molecule has 1 aliphatic rings. The summed E-state index contributed by atoms with van der Waals surface area (Å²) < 4.78 is 5.03. The Hall–Kier alpha value is -1.40. The molecule has 0 radical (unpaired) electrons. The molecule has 94 valence electrons. The zero-order chi connectivity index (χ0) is 12.1. The van der Waals surface area contributed by atoms with Gasteiger partial charge in [0.15, 0.2) is 5.75 Å². The van der Waals surface area contributed by atoms with Gasteiger partial charge >= 0.3 is 0 Å². The Labute approximate surface area is 101 Å². The minimum atomic E-state index is 0.221. The first-order chi connectivity index (χ1) is 8.33. The number of anilines is 1. The van der Waals surface area contributed by atoms with Crippen molar-refractivity contribution in [2.24, 2.45) is 0 Å². The fourth-order valence-corrected chi connectivity index (χ4v) is 1.89. The number of nitrogens with zero attached hydrogens (tertiary/aromatic N) is 4. The quantitative estimate of drug-likeness (QED) is 0.770. The van der Waals surface area contributed by atoms with Crippen LogP contribution in [0.4, 0.5) is 5.95 Å². The SMILES string of the molecule is COc1cnc(N2CCN(CCO)CC2)nc1. The van der Waals surface area contributed by atoms with E-state index in [1.165, 1.54) is 0 Å². The van der Waals surface area contributed by atoms with Crippen molar-refractivity contribution >= 4 is 5.95 Å². The molecule has 1 aromatic heterocycles. The van der Waals surface area contributed by atoms with Crippen LogP contribution >= 0.6 is 0 Å². The molecular weight excluding hydrogens is 220 g/mol. The van der Waals surface area contributed by atoms with Gasteiger partial charge in [0, 0.05) is 32.7 Å². The molecule has 2 rings (SSSR count). The number of aromatic nitrogens is 2. The molecule has 0 amide bonds. The van der Waals surface area contributed by atoms with E-state index in [-0.39, 0.29) is 6.61 Å². The normalized spacial score (nSPS) is 17.2. The second-order valence-corrected chi connectivity index (χ2v) is 3.98. The van der Waals surface area contributed by atoms with Crippen LogP contribution < -0.4 is 9.64 Å². The molecule has 0 bridgehead atoms. The summed E-state index contributed by atoms with van der Waals surface area (Å²) >= 11 is 0. The third-order valence-electron chi connectivity index (χ3n) is 2.92. The lowest BCUT2D eigenvalue weighted by Gasteiger charge is -2.34. The number of rotatable bonds is 4. The Morgan fingerprint density at radius 1 is 1.24 bits per heavy atom. The monoisotopic (exact) mass is 238 g/mol. The Balaban J connectivity index is 1.91. The Morgan fingerprint density at radius 2 is 1.88 bits per heavy atom. The number of methoxy groups -OCH3 is 1. The van der Waals surface area contributed by atoms with Gasteiger partial charge in [-0.05, 0) is 0 Å². The molecule has 0 atom stereocenters. The average Bonchev–Trinajstić information content (AvgIpc) is 2.40. The van der Waals surface area contributed by atoms with E-state index in [2.05, 4.69) is 19.8 Å². The Morgan fingerprint density at radius 3 is 2.41 bits per heavy atom.